The topological polar surface area (TPSA) is 58.6 Å². The van der Waals surface area contributed by atoms with Crippen LogP contribution in [0.25, 0.3) is 0 Å². The number of nitrogens with zero attached hydrogens (tertiary/aromatic N) is 1. The highest BCUT2D eigenvalue weighted by Crippen LogP contribution is 2.23. The third-order valence-corrected chi connectivity index (χ3v) is 5.89. The maximum atomic E-state index is 13.6. The van der Waals surface area contributed by atoms with Gasteiger partial charge in [-0.25, -0.2) is 0 Å². The predicted octanol–water partition coefficient (Wildman–Crippen LogP) is 5.44. The maximum absolute atomic E-state index is 13.6. The highest BCUT2D eigenvalue weighted by atomic mass is 35.5. The summed E-state index contributed by atoms with van der Waals surface area (Å²) in [7, 11) is 0. The average Bonchev–Trinajstić information content (AvgIpc) is 2.84. The summed E-state index contributed by atoms with van der Waals surface area (Å²) in [5.41, 5.74) is 3.02. The Morgan fingerprint density at radius 3 is 2.31 bits per heavy atom. The molecular weight excluding hydrogens is 460 g/mol. The van der Waals surface area contributed by atoms with Gasteiger partial charge in [0, 0.05) is 19.5 Å². The van der Waals surface area contributed by atoms with Gasteiger partial charge in [-0.2, -0.15) is 0 Å². The molecule has 0 aliphatic carbocycles. The third kappa shape index (κ3) is 8.15. The van der Waals surface area contributed by atoms with Gasteiger partial charge in [-0.1, -0.05) is 97.7 Å². The number of aryl methyl sites for hydroxylation is 1. The molecule has 0 unspecified atom stereocenters. The molecule has 0 spiro atoms. The second-order valence-corrected chi connectivity index (χ2v) is 9.48. The average molecular weight is 493 g/mol. The Labute approximate surface area is 213 Å². The van der Waals surface area contributed by atoms with Crippen LogP contribution in [-0.2, 0) is 22.6 Å². The van der Waals surface area contributed by atoms with E-state index in [9.17, 15) is 9.59 Å². The SMILES string of the molecule is Cc1cccc(CN(C(=O)COc2ccccc2Cl)[C@@H](Cc2ccccc2)C(=O)NCC(C)C)c1. The van der Waals surface area contributed by atoms with Crippen molar-refractivity contribution in [3.63, 3.8) is 0 Å². The van der Waals surface area contributed by atoms with Crippen molar-refractivity contribution < 1.29 is 14.3 Å². The Morgan fingerprint density at radius 2 is 1.63 bits per heavy atom. The number of halogens is 1. The number of para-hydroxylation sites is 1. The number of nitrogens with one attached hydrogen (secondary N) is 1. The largest absolute Gasteiger partial charge is 0.482 e. The normalized spacial score (nSPS) is 11.7. The number of benzene rings is 3. The summed E-state index contributed by atoms with van der Waals surface area (Å²) >= 11 is 6.21. The van der Waals surface area contributed by atoms with Crippen molar-refractivity contribution in [1.29, 1.82) is 0 Å². The summed E-state index contributed by atoms with van der Waals surface area (Å²) in [4.78, 5) is 28.6. The minimum Gasteiger partial charge on any atom is -0.482 e. The molecule has 0 fully saturated rings. The first-order valence-electron chi connectivity index (χ1n) is 11.9. The van der Waals surface area contributed by atoms with Crippen molar-refractivity contribution >= 4 is 23.4 Å². The summed E-state index contributed by atoms with van der Waals surface area (Å²) in [5.74, 6) is 0.260. The van der Waals surface area contributed by atoms with E-state index in [1.54, 1.807) is 29.2 Å². The smallest absolute Gasteiger partial charge is 0.261 e. The second kappa shape index (κ2) is 13.0. The maximum Gasteiger partial charge on any atom is 0.261 e. The van der Waals surface area contributed by atoms with Crippen molar-refractivity contribution in [3.8, 4) is 5.75 Å². The van der Waals surface area contributed by atoms with Crippen LogP contribution in [0.4, 0.5) is 0 Å². The van der Waals surface area contributed by atoms with Gasteiger partial charge in [0.1, 0.15) is 11.8 Å². The summed E-state index contributed by atoms with van der Waals surface area (Å²) in [6.07, 6.45) is 0.397. The first kappa shape index (κ1) is 26.3. The highest BCUT2D eigenvalue weighted by molar-refractivity contribution is 6.32. The summed E-state index contributed by atoms with van der Waals surface area (Å²) in [6.45, 7) is 6.69. The Morgan fingerprint density at radius 1 is 0.943 bits per heavy atom. The van der Waals surface area contributed by atoms with E-state index in [1.165, 1.54) is 0 Å². The standard InChI is InChI=1S/C29H33ClN2O3/c1-21(2)18-31-29(34)26(17-23-11-5-4-6-12-23)32(19-24-13-9-10-22(3)16-24)28(33)20-35-27-15-8-7-14-25(27)30/h4-16,21,26H,17-20H2,1-3H3,(H,31,34)/t26-/m0/s1. The Balaban J connectivity index is 1.91. The number of carbonyl (C=O) groups excluding carboxylic acids is 2. The molecule has 184 valence electrons. The van der Waals surface area contributed by atoms with Crippen LogP contribution in [0.15, 0.2) is 78.9 Å². The van der Waals surface area contributed by atoms with Crippen LogP contribution >= 0.6 is 11.6 Å². The van der Waals surface area contributed by atoms with E-state index in [1.807, 2.05) is 75.4 Å². The summed E-state index contributed by atoms with van der Waals surface area (Å²) < 4.78 is 5.76. The number of carbonyl (C=O) groups is 2. The molecule has 0 saturated heterocycles. The number of hydrogen-bond donors (Lipinski definition) is 1. The van der Waals surface area contributed by atoms with Crippen molar-refractivity contribution in [3.05, 3.63) is 101 Å². The van der Waals surface area contributed by atoms with Gasteiger partial charge < -0.3 is 15.0 Å². The highest BCUT2D eigenvalue weighted by Gasteiger charge is 2.30. The van der Waals surface area contributed by atoms with E-state index in [4.69, 9.17) is 16.3 Å². The third-order valence-electron chi connectivity index (χ3n) is 5.58. The van der Waals surface area contributed by atoms with Crippen LogP contribution in [0.2, 0.25) is 5.02 Å². The summed E-state index contributed by atoms with van der Waals surface area (Å²) in [5, 5.41) is 3.45. The lowest BCUT2D eigenvalue weighted by atomic mass is 10.0. The van der Waals surface area contributed by atoms with Crippen molar-refractivity contribution in [1.82, 2.24) is 10.2 Å². The lowest BCUT2D eigenvalue weighted by molar-refractivity contribution is -0.142. The monoisotopic (exact) mass is 492 g/mol. The van der Waals surface area contributed by atoms with Crippen LogP contribution in [0.1, 0.15) is 30.5 Å². The molecule has 0 heterocycles. The van der Waals surface area contributed by atoms with Crippen molar-refractivity contribution in [2.45, 2.75) is 39.8 Å². The minimum absolute atomic E-state index is 0.179. The van der Waals surface area contributed by atoms with Gasteiger partial charge in [0.05, 0.1) is 5.02 Å². The molecule has 0 radical (unpaired) electrons. The second-order valence-electron chi connectivity index (χ2n) is 9.07. The van der Waals surface area contributed by atoms with E-state index in [0.717, 1.165) is 16.7 Å². The molecule has 0 bridgehead atoms. The van der Waals surface area contributed by atoms with E-state index < -0.39 is 6.04 Å². The number of ether oxygens (including phenoxy) is 1. The van der Waals surface area contributed by atoms with Crippen LogP contribution < -0.4 is 10.1 Å². The van der Waals surface area contributed by atoms with E-state index in [0.29, 0.717) is 36.2 Å². The number of rotatable bonds is 11. The Bertz CT molecular complexity index is 1120. The van der Waals surface area contributed by atoms with Gasteiger partial charge in [0.15, 0.2) is 6.61 Å². The lowest BCUT2D eigenvalue weighted by Crippen LogP contribution is -2.52. The van der Waals surface area contributed by atoms with Crippen LogP contribution in [0.5, 0.6) is 5.75 Å². The van der Waals surface area contributed by atoms with Gasteiger partial charge in [-0.3, -0.25) is 9.59 Å². The number of amides is 2. The first-order valence-corrected chi connectivity index (χ1v) is 12.2. The zero-order chi connectivity index (χ0) is 25.2. The molecule has 2 amide bonds. The van der Waals surface area contributed by atoms with Gasteiger partial charge in [-0.15, -0.1) is 0 Å². The van der Waals surface area contributed by atoms with Crippen molar-refractivity contribution in [2.24, 2.45) is 5.92 Å². The molecule has 0 aliphatic heterocycles. The van der Waals surface area contributed by atoms with Gasteiger partial charge in [0.25, 0.3) is 5.91 Å². The molecule has 1 atom stereocenters. The molecule has 0 aliphatic rings. The molecule has 1 N–H and O–H groups in total. The van der Waals surface area contributed by atoms with Gasteiger partial charge in [-0.05, 0) is 36.1 Å². The van der Waals surface area contributed by atoms with Gasteiger partial charge >= 0.3 is 0 Å². The van der Waals surface area contributed by atoms with E-state index in [2.05, 4.69) is 5.32 Å². The predicted molar refractivity (Wildman–Crippen MR) is 140 cm³/mol. The van der Waals surface area contributed by atoms with E-state index in [-0.39, 0.29) is 18.4 Å². The molecule has 3 aromatic carbocycles. The molecular formula is C29H33ClN2O3. The first-order chi connectivity index (χ1) is 16.8. The Kier molecular flexibility index (Phi) is 9.74. The molecule has 3 aromatic rings. The fraction of sp³-hybridized carbons (Fsp3) is 0.310. The van der Waals surface area contributed by atoms with Crippen molar-refractivity contribution in [2.75, 3.05) is 13.2 Å². The Hall–Kier alpha value is -3.31. The lowest BCUT2D eigenvalue weighted by Gasteiger charge is -2.32. The molecule has 0 saturated carbocycles. The fourth-order valence-electron chi connectivity index (χ4n) is 3.77. The quantitative estimate of drug-likeness (QED) is 0.387. The van der Waals surface area contributed by atoms with Crippen LogP contribution in [-0.4, -0.2) is 35.9 Å². The molecule has 0 aromatic heterocycles. The van der Waals surface area contributed by atoms with Crippen LogP contribution in [0, 0.1) is 12.8 Å². The molecule has 35 heavy (non-hydrogen) atoms. The zero-order valence-corrected chi connectivity index (χ0v) is 21.3. The fourth-order valence-corrected chi connectivity index (χ4v) is 3.96. The number of hydrogen-bond acceptors (Lipinski definition) is 3. The van der Waals surface area contributed by atoms with E-state index >= 15 is 0 Å². The van der Waals surface area contributed by atoms with Gasteiger partial charge in [0.2, 0.25) is 5.91 Å². The minimum atomic E-state index is -0.695. The summed E-state index contributed by atoms with van der Waals surface area (Å²) in [6, 6.07) is 24.0. The van der Waals surface area contributed by atoms with Crippen LogP contribution in [0.3, 0.4) is 0 Å². The molecule has 5 nitrogen and oxygen atoms in total. The molecule has 6 heteroatoms. The molecule has 3 rings (SSSR count). The zero-order valence-electron chi connectivity index (χ0n) is 20.5.